The van der Waals surface area contributed by atoms with Gasteiger partial charge in [-0.3, -0.25) is 4.79 Å². The van der Waals surface area contributed by atoms with Crippen LogP contribution >= 0.6 is 0 Å². The number of nitrogens with zero attached hydrogens (tertiary/aromatic N) is 2. The van der Waals surface area contributed by atoms with E-state index in [4.69, 9.17) is 4.74 Å². The van der Waals surface area contributed by atoms with Gasteiger partial charge < -0.3 is 9.84 Å². The van der Waals surface area contributed by atoms with Gasteiger partial charge in [0.15, 0.2) is 5.60 Å². The van der Waals surface area contributed by atoms with Crippen LogP contribution in [0.4, 0.5) is 0 Å². The second-order valence-electron chi connectivity index (χ2n) is 7.39. The third-order valence-corrected chi connectivity index (χ3v) is 4.82. The molecule has 6 heteroatoms. The van der Waals surface area contributed by atoms with Gasteiger partial charge >= 0.3 is 5.97 Å². The maximum atomic E-state index is 13.0. The molecule has 4 rings (SSSR count). The van der Waals surface area contributed by atoms with Gasteiger partial charge in [0.1, 0.15) is 5.75 Å². The van der Waals surface area contributed by atoms with Crippen LogP contribution < -0.4 is 10.3 Å². The van der Waals surface area contributed by atoms with Crippen LogP contribution in [0.15, 0.2) is 83.7 Å². The number of carboxylic acids is 1. The van der Waals surface area contributed by atoms with Gasteiger partial charge in [-0.05, 0) is 56.3 Å². The van der Waals surface area contributed by atoms with Crippen molar-refractivity contribution in [3.63, 3.8) is 0 Å². The number of fused-ring (bicyclic) bond motifs is 1. The van der Waals surface area contributed by atoms with Crippen LogP contribution in [0.3, 0.4) is 0 Å². The van der Waals surface area contributed by atoms with Crippen LogP contribution in [0, 0.1) is 0 Å². The number of rotatable bonds is 5. The van der Waals surface area contributed by atoms with Crippen molar-refractivity contribution in [2.45, 2.75) is 19.4 Å². The SMILES string of the molecule is CC(C)(Oc1ccc(-c2nn(-c3ccccc3)c(=O)c3ccccc23)cc1)C(=O)O. The number of carboxylic acid groups (broad SMARTS) is 1. The summed E-state index contributed by atoms with van der Waals surface area (Å²) < 4.78 is 6.98. The smallest absolute Gasteiger partial charge is 0.347 e. The molecule has 0 saturated carbocycles. The van der Waals surface area contributed by atoms with Crippen LogP contribution in [0.2, 0.25) is 0 Å². The molecule has 1 heterocycles. The van der Waals surface area contributed by atoms with E-state index in [0.717, 1.165) is 10.9 Å². The number of benzene rings is 3. The van der Waals surface area contributed by atoms with Crippen LogP contribution in [0.25, 0.3) is 27.7 Å². The molecule has 1 N–H and O–H groups in total. The summed E-state index contributed by atoms with van der Waals surface area (Å²) in [5, 5.41) is 15.2. The molecule has 0 aliphatic carbocycles. The lowest BCUT2D eigenvalue weighted by Crippen LogP contribution is -2.37. The van der Waals surface area contributed by atoms with Gasteiger partial charge in [0.2, 0.25) is 0 Å². The molecule has 4 aromatic rings. The number of aromatic nitrogens is 2. The zero-order valence-corrected chi connectivity index (χ0v) is 16.6. The highest BCUT2D eigenvalue weighted by Gasteiger charge is 2.29. The topological polar surface area (TPSA) is 81.4 Å². The Labute approximate surface area is 173 Å². The van der Waals surface area contributed by atoms with Crippen LogP contribution in [0.5, 0.6) is 5.75 Å². The molecule has 0 aliphatic heterocycles. The molecule has 3 aromatic carbocycles. The first-order valence-electron chi connectivity index (χ1n) is 9.47. The van der Waals surface area contributed by atoms with Gasteiger partial charge in [0.05, 0.1) is 16.8 Å². The Hall–Kier alpha value is -3.93. The molecule has 0 radical (unpaired) electrons. The number of para-hydroxylation sites is 1. The Morgan fingerprint density at radius 3 is 2.13 bits per heavy atom. The fourth-order valence-corrected chi connectivity index (χ4v) is 3.17. The first kappa shape index (κ1) is 19.4. The second kappa shape index (κ2) is 7.48. The molecule has 0 fully saturated rings. The van der Waals surface area contributed by atoms with E-state index in [9.17, 15) is 14.7 Å². The lowest BCUT2D eigenvalue weighted by Gasteiger charge is -2.21. The largest absolute Gasteiger partial charge is 0.478 e. The maximum Gasteiger partial charge on any atom is 0.347 e. The number of hydrogen-bond acceptors (Lipinski definition) is 4. The second-order valence-corrected chi connectivity index (χ2v) is 7.39. The van der Waals surface area contributed by atoms with E-state index < -0.39 is 11.6 Å². The molecule has 0 saturated heterocycles. The van der Waals surface area contributed by atoms with Crippen molar-refractivity contribution < 1.29 is 14.6 Å². The summed E-state index contributed by atoms with van der Waals surface area (Å²) in [6.07, 6.45) is 0. The minimum absolute atomic E-state index is 0.191. The van der Waals surface area contributed by atoms with E-state index in [0.29, 0.717) is 22.5 Å². The minimum Gasteiger partial charge on any atom is -0.478 e. The van der Waals surface area contributed by atoms with Gasteiger partial charge in [-0.25, -0.2) is 4.79 Å². The third kappa shape index (κ3) is 3.55. The van der Waals surface area contributed by atoms with Crippen molar-refractivity contribution in [1.82, 2.24) is 9.78 Å². The van der Waals surface area contributed by atoms with Gasteiger partial charge in [0, 0.05) is 10.9 Å². The lowest BCUT2D eigenvalue weighted by atomic mass is 10.0. The average molecular weight is 400 g/mol. The van der Waals surface area contributed by atoms with E-state index in [1.165, 1.54) is 18.5 Å². The van der Waals surface area contributed by atoms with E-state index in [1.807, 2.05) is 60.7 Å². The Morgan fingerprint density at radius 2 is 1.50 bits per heavy atom. The fourth-order valence-electron chi connectivity index (χ4n) is 3.17. The Bertz CT molecular complexity index is 1280. The molecule has 0 unspecified atom stereocenters. The standard InChI is InChI=1S/C24H20N2O4/c1-24(2,23(28)29)30-18-14-12-16(13-15-18)21-19-10-6-7-11-20(19)22(27)26(25-21)17-8-4-3-5-9-17/h3-15H,1-2H3,(H,28,29). The van der Waals surface area contributed by atoms with Crippen molar-refractivity contribution in [3.8, 4) is 22.7 Å². The summed E-state index contributed by atoms with van der Waals surface area (Å²) in [5.74, 6) is -0.610. The monoisotopic (exact) mass is 400 g/mol. The molecule has 0 atom stereocenters. The first-order valence-corrected chi connectivity index (χ1v) is 9.47. The zero-order valence-electron chi connectivity index (χ0n) is 16.6. The van der Waals surface area contributed by atoms with Crippen molar-refractivity contribution in [2.75, 3.05) is 0 Å². The molecular formula is C24H20N2O4. The Morgan fingerprint density at radius 1 is 0.900 bits per heavy atom. The van der Waals surface area contributed by atoms with Crippen LogP contribution in [0.1, 0.15) is 13.8 Å². The van der Waals surface area contributed by atoms with Crippen molar-refractivity contribution in [1.29, 1.82) is 0 Å². The molecule has 30 heavy (non-hydrogen) atoms. The minimum atomic E-state index is -1.34. The first-order chi connectivity index (χ1) is 14.4. The lowest BCUT2D eigenvalue weighted by molar-refractivity contribution is -0.152. The van der Waals surface area contributed by atoms with Crippen LogP contribution in [-0.2, 0) is 4.79 Å². The highest BCUT2D eigenvalue weighted by atomic mass is 16.5. The average Bonchev–Trinajstić information content (AvgIpc) is 2.75. The molecular weight excluding hydrogens is 380 g/mol. The van der Waals surface area contributed by atoms with Gasteiger partial charge in [-0.1, -0.05) is 36.4 Å². The maximum absolute atomic E-state index is 13.0. The quantitative estimate of drug-likeness (QED) is 0.540. The number of ether oxygens (including phenoxy) is 1. The van der Waals surface area contributed by atoms with Crippen molar-refractivity contribution in [3.05, 3.63) is 89.2 Å². The summed E-state index contributed by atoms with van der Waals surface area (Å²) in [7, 11) is 0. The number of carbonyl (C=O) groups is 1. The van der Waals surface area contributed by atoms with Gasteiger partial charge in [-0.15, -0.1) is 0 Å². The van der Waals surface area contributed by atoms with Gasteiger partial charge in [0.25, 0.3) is 5.56 Å². The molecule has 1 aromatic heterocycles. The summed E-state index contributed by atoms with van der Waals surface area (Å²) in [6.45, 7) is 2.99. The summed E-state index contributed by atoms with van der Waals surface area (Å²) in [5.41, 5.74) is 0.586. The van der Waals surface area contributed by atoms with E-state index in [2.05, 4.69) is 5.10 Å². The predicted octanol–water partition coefficient (Wildman–Crippen LogP) is 4.29. The number of aliphatic carboxylic acids is 1. The van der Waals surface area contributed by atoms with Gasteiger partial charge in [-0.2, -0.15) is 9.78 Å². The zero-order chi connectivity index (χ0) is 21.3. The fraction of sp³-hybridized carbons (Fsp3) is 0.125. The van der Waals surface area contributed by atoms with Crippen molar-refractivity contribution in [2.24, 2.45) is 0 Å². The highest BCUT2D eigenvalue weighted by Crippen LogP contribution is 2.28. The predicted molar refractivity (Wildman–Crippen MR) is 115 cm³/mol. The van der Waals surface area contributed by atoms with Crippen LogP contribution in [-0.4, -0.2) is 26.5 Å². The summed E-state index contributed by atoms with van der Waals surface area (Å²) in [4.78, 5) is 24.3. The Kier molecular flexibility index (Phi) is 4.83. The molecule has 0 amide bonds. The normalized spacial score (nSPS) is 11.4. The molecule has 0 bridgehead atoms. The highest BCUT2D eigenvalue weighted by molar-refractivity contribution is 5.94. The summed E-state index contributed by atoms with van der Waals surface area (Å²) >= 11 is 0. The summed E-state index contributed by atoms with van der Waals surface area (Å²) in [6, 6.07) is 23.6. The molecule has 150 valence electrons. The third-order valence-electron chi connectivity index (χ3n) is 4.82. The van der Waals surface area contributed by atoms with Crippen molar-refractivity contribution >= 4 is 16.7 Å². The molecule has 0 aliphatic rings. The molecule has 0 spiro atoms. The number of hydrogen-bond donors (Lipinski definition) is 1. The van der Waals surface area contributed by atoms with E-state index >= 15 is 0 Å². The molecule has 6 nitrogen and oxygen atoms in total. The van der Waals surface area contributed by atoms with E-state index in [-0.39, 0.29) is 5.56 Å². The Balaban J connectivity index is 1.84. The van der Waals surface area contributed by atoms with E-state index in [1.54, 1.807) is 18.2 Å².